The Morgan fingerprint density at radius 3 is 2.46 bits per heavy atom. The maximum absolute atomic E-state index is 12.8. The van der Waals surface area contributed by atoms with Crippen LogP contribution in [0.3, 0.4) is 0 Å². The lowest BCUT2D eigenvalue weighted by molar-refractivity contribution is 0.0734. The number of hydrazone groups is 1. The van der Waals surface area contributed by atoms with E-state index < -0.39 is 5.97 Å². The van der Waals surface area contributed by atoms with Crippen LogP contribution in [0.1, 0.15) is 39.6 Å². The van der Waals surface area contributed by atoms with Crippen LogP contribution in [0.5, 0.6) is 11.5 Å². The van der Waals surface area contributed by atoms with E-state index in [-0.39, 0.29) is 11.5 Å². The number of benzene rings is 4. The summed E-state index contributed by atoms with van der Waals surface area (Å²) in [5.41, 5.74) is 3.77. The molecule has 1 N–H and O–H groups in total. The standard InChI is InChI=1S/C28H23ClN2O4/c1-2-17-34-21-14-11-20(12-15-21)27(32)31-30-18-24-22-8-4-3-7-19(22)13-16-26(24)35-28(33)23-9-5-6-10-25(23)29/h3-16,18H,2,17H2,1H3,(H,31,32)/b30-18-. The van der Waals surface area contributed by atoms with Crippen molar-refractivity contribution in [1.29, 1.82) is 0 Å². The van der Waals surface area contributed by atoms with Crippen molar-refractivity contribution in [2.45, 2.75) is 13.3 Å². The van der Waals surface area contributed by atoms with Gasteiger partial charge in [-0.15, -0.1) is 0 Å². The predicted molar refractivity (Wildman–Crippen MR) is 138 cm³/mol. The summed E-state index contributed by atoms with van der Waals surface area (Å²) in [7, 11) is 0. The molecular weight excluding hydrogens is 464 g/mol. The Kier molecular flexibility index (Phi) is 7.75. The van der Waals surface area contributed by atoms with Crippen LogP contribution in [0.15, 0.2) is 90.0 Å². The van der Waals surface area contributed by atoms with Crippen LogP contribution in [0, 0.1) is 0 Å². The molecule has 0 saturated heterocycles. The molecule has 0 radical (unpaired) electrons. The quantitative estimate of drug-likeness (QED) is 0.138. The highest BCUT2D eigenvalue weighted by atomic mass is 35.5. The van der Waals surface area contributed by atoms with Gasteiger partial charge in [-0.3, -0.25) is 4.79 Å². The van der Waals surface area contributed by atoms with Gasteiger partial charge in [0.05, 0.1) is 23.4 Å². The highest BCUT2D eigenvalue weighted by Gasteiger charge is 2.16. The zero-order valence-corrected chi connectivity index (χ0v) is 19.8. The van der Waals surface area contributed by atoms with E-state index >= 15 is 0 Å². The molecule has 0 aliphatic carbocycles. The molecule has 0 aliphatic heterocycles. The van der Waals surface area contributed by atoms with Gasteiger partial charge in [-0.25, -0.2) is 10.2 Å². The number of amides is 1. The number of nitrogens with zero attached hydrogens (tertiary/aromatic N) is 1. The Hall–Kier alpha value is -4.16. The number of rotatable bonds is 8. The number of hydrogen-bond donors (Lipinski definition) is 1. The Bertz CT molecular complexity index is 1380. The number of ether oxygens (including phenoxy) is 2. The van der Waals surface area contributed by atoms with Crippen molar-refractivity contribution in [3.8, 4) is 11.5 Å². The predicted octanol–water partition coefficient (Wildman–Crippen LogP) is 6.27. The minimum absolute atomic E-state index is 0.255. The van der Waals surface area contributed by atoms with Crippen molar-refractivity contribution in [3.63, 3.8) is 0 Å². The van der Waals surface area contributed by atoms with Crippen molar-refractivity contribution in [2.24, 2.45) is 5.10 Å². The molecule has 0 aromatic heterocycles. The Morgan fingerprint density at radius 2 is 1.69 bits per heavy atom. The third-order valence-corrected chi connectivity index (χ3v) is 5.51. The van der Waals surface area contributed by atoms with Crippen molar-refractivity contribution in [3.05, 3.63) is 107 Å². The highest BCUT2D eigenvalue weighted by molar-refractivity contribution is 6.33. The lowest BCUT2D eigenvalue weighted by Crippen LogP contribution is -2.17. The summed E-state index contributed by atoms with van der Waals surface area (Å²) in [6, 6.07) is 24.6. The van der Waals surface area contributed by atoms with Gasteiger partial charge in [0, 0.05) is 11.1 Å². The Morgan fingerprint density at radius 1 is 0.943 bits per heavy atom. The largest absolute Gasteiger partial charge is 0.494 e. The summed E-state index contributed by atoms with van der Waals surface area (Å²) in [5, 5.41) is 6.17. The number of carbonyl (C=O) groups excluding carboxylic acids is 2. The van der Waals surface area contributed by atoms with Crippen LogP contribution in [0.25, 0.3) is 10.8 Å². The third kappa shape index (κ3) is 5.86. The van der Waals surface area contributed by atoms with Crippen LogP contribution in [-0.2, 0) is 0 Å². The summed E-state index contributed by atoms with van der Waals surface area (Å²) in [6.07, 6.45) is 2.37. The molecule has 0 spiro atoms. The maximum atomic E-state index is 12.8. The van der Waals surface area contributed by atoms with Crippen LogP contribution in [-0.4, -0.2) is 24.7 Å². The van der Waals surface area contributed by atoms with Gasteiger partial charge in [0.2, 0.25) is 0 Å². The van der Waals surface area contributed by atoms with Gasteiger partial charge in [-0.2, -0.15) is 5.10 Å². The highest BCUT2D eigenvalue weighted by Crippen LogP contribution is 2.28. The second-order valence-corrected chi connectivity index (χ2v) is 8.05. The summed E-state index contributed by atoms with van der Waals surface area (Å²) in [4.78, 5) is 25.3. The van der Waals surface area contributed by atoms with E-state index in [1.54, 1.807) is 54.6 Å². The van der Waals surface area contributed by atoms with Crippen molar-refractivity contribution >= 4 is 40.5 Å². The fourth-order valence-electron chi connectivity index (χ4n) is 3.42. The normalized spacial score (nSPS) is 10.9. The smallest absolute Gasteiger partial charge is 0.345 e. The number of carbonyl (C=O) groups is 2. The molecule has 4 rings (SSSR count). The van der Waals surface area contributed by atoms with E-state index in [0.717, 1.165) is 17.2 Å². The molecular formula is C28H23ClN2O4. The zero-order chi connectivity index (χ0) is 24.6. The minimum Gasteiger partial charge on any atom is -0.494 e. The first kappa shape index (κ1) is 24.0. The van der Waals surface area contributed by atoms with Gasteiger partial charge < -0.3 is 9.47 Å². The molecule has 6 nitrogen and oxygen atoms in total. The number of fused-ring (bicyclic) bond motifs is 1. The van der Waals surface area contributed by atoms with E-state index in [1.807, 2.05) is 37.3 Å². The lowest BCUT2D eigenvalue weighted by atomic mass is 10.0. The topological polar surface area (TPSA) is 77.0 Å². The van der Waals surface area contributed by atoms with Crippen molar-refractivity contribution in [2.75, 3.05) is 6.61 Å². The molecule has 1 amide bonds. The van der Waals surface area contributed by atoms with Gasteiger partial charge >= 0.3 is 5.97 Å². The number of halogens is 1. The number of hydrogen-bond acceptors (Lipinski definition) is 5. The SMILES string of the molecule is CCCOc1ccc(C(=O)N/N=C\c2c(OC(=O)c3ccccc3Cl)ccc3ccccc23)cc1. The molecule has 0 heterocycles. The summed E-state index contributed by atoms with van der Waals surface area (Å²) < 4.78 is 11.2. The van der Waals surface area contributed by atoms with Crippen LogP contribution >= 0.6 is 11.6 Å². The Balaban J connectivity index is 1.56. The van der Waals surface area contributed by atoms with E-state index in [9.17, 15) is 9.59 Å². The molecule has 0 aliphatic rings. The van der Waals surface area contributed by atoms with Crippen LogP contribution < -0.4 is 14.9 Å². The van der Waals surface area contributed by atoms with E-state index in [0.29, 0.717) is 34.3 Å². The summed E-state index contributed by atoms with van der Waals surface area (Å²) in [6.45, 7) is 2.64. The monoisotopic (exact) mass is 486 g/mol. The molecule has 0 unspecified atom stereocenters. The number of esters is 1. The molecule has 176 valence electrons. The Labute approximate surface area is 208 Å². The van der Waals surface area contributed by atoms with Gasteiger partial charge in [0.25, 0.3) is 5.91 Å². The first-order valence-corrected chi connectivity index (χ1v) is 11.5. The molecule has 0 bridgehead atoms. The van der Waals surface area contributed by atoms with Crippen LogP contribution in [0.4, 0.5) is 0 Å². The molecule has 4 aromatic carbocycles. The second kappa shape index (κ2) is 11.3. The maximum Gasteiger partial charge on any atom is 0.345 e. The molecule has 4 aromatic rings. The van der Waals surface area contributed by atoms with Crippen molar-refractivity contribution in [1.82, 2.24) is 5.43 Å². The van der Waals surface area contributed by atoms with Gasteiger partial charge in [-0.05, 0) is 59.7 Å². The first-order chi connectivity index (χ1) is 17.1. The molecule has 0 fully saturated rings. The second-order valence-electron chi connectivity index (χ2n) is 7.64. The van der Waals surface area contributed by atoms with Gasteiger partial charge in [0.1, 0.15) is 11.5 Å². The lowest BCUT2D eigenvalue weighted by Gasteiger charge is -2.11. The first-order valence-electron chi connectivity index (χ1n) is 11.1. The fourth-order valence-corrected chi connectivity index (χ4v) is 3.63. The third-order valence-electron chi connectivity index (χ3n) is 5.18. The molecule has 0 saturated carbocycles. The average Bonchev–Trinajstić information content (AvgIpc) is 2.89. The fraction of sp³-hybridized carbons (Fsp3) is 0.107. The van der Waals surface area contributed by atoms with Crippen molar-refractivity contribution < 1.29 is 19.1 Å². The van der Waals surface area contributed by atoms with Gasteiger partial charge in [0.15, 0.2) is 0 Å². The molecule has 7 heteroatoms. The zero-order valence-electron chi connectivity index (χ0n) is 19.0. The van der Waals surface area contributed by atoms with E-state index in [2.05, 4.69) is 10.5 Å². The van der Waals surface area contributed by atoms with E-state index in [4.69, 9.17) is 21.1 Å². The molecule has 0 atom stereocenters. The average molecular weight is 487 g/mol. The van der Waals surface area contributed by atoms with Crippen LogP contribution in [0.2, 0.25) is 5.02 Å². The van der Waals surface area contributed by atoms with E-state index in [1.165, 1.54) is 6.21 Å². The molecule has 35 heavy (non-hydrogen) atoms. The van der Waals surface area contributed by atoms with Gasteiger partial charge in [-0.1, -0.05) is 61.0 Å². The minimum atomic E-state index is -0.588. The summed E-state index contributed by atoms with van der Waals surface area (Å²) >= 11 is 6.15. The number of nitrogens with one attached hydrogen (secondary N) is 1. The summed E-state index contributed by atoms with van der Waals surface area (Å²) in [5.74, 6) is 0.0322.